The Morgan fingerprint density at radius 1 is 1.37 bits per heavy atom. The lowest BCUT2D eigenvalue weighted by Gasteiger charge is -2.21. The van der Waals surface area contributed by atoms with Crippen molar-refractivity contribution >= 4 is 18.8 Å². The van der Waals surface area contributed by atoms with Crippen molar-refractivity contribution in [2.24, 2.45) is 11.1 Å². The van der Waals surface area contributed by atoms with E-state index in [2.05, 4.69) is 24.4 Å². The summed E-state index contributed by atoms with van der Waals surface area (Å²) in [6.45, 7) is 3.95. The second kappa shape index (κ2) is 6.66. The maximum atomic E-state index is 9.36. The van der Waals surface area contributed by atoms with E-state index in [4.69, 9.17) is 4.84 Å². The zero-order valence-electron chi connectivity index (χ0n) is 10.9. The van der Waals surface area contributed by atoms with E-state index >= 15 is 0 Å². The van der Waals surface area contributed by atoms with Crippen LogP contribution in [0.5, 0.6) is 5.75 Å². The number of rotatable bonds is 4. The van der Waals surface area contributed by atoms with Gasteiger partial charge in [-0.1, -0.05) is 31.0 Å². The molecular formula is C15H19NO2S. The fourth-order valence-corrected chi connectivity index (χ4v) is 2.50. The van der Waals surface area contributed by atoms with E-state index in [0.29, 0.717) is 10.8 Å². The third-order valence-corrected chi connectivity index (χ3v) is 3.79. The van der Waals surface area contributed by atoms with Gasteiger partial charge in [-0.3, -0.25) is 0 Å². The van der Waals surface area contributed by atoms with E-state index in [0.717, 1.165) is 24.2 Å². The van der Waals surface area contributed by atoms with E-state index < -0.39 is 0 Å². The first-order valence-corrected chi connectivity index (χ1v) is 7.02. The Bertz CT molecular complexity index is 479. The molecule has 0 heterocycles. The van der Waals surface area contributed by atoms with E-state index in [1.807, 2.05) is 0 Å². The standard InChI is InChI=1S/C15H19NO2S/c1-11(13-5-3-2-4-6-13)18-16-10-12-7-8-14(17)15(19)9-12/h7-10,13,17,19H,1-6H2/b16-10+. The van der Waals surface area contributed by atoms with E-state index in [1.165, 1.54) is 19.3 Å². The molecular weight excluding hydrogens is 258 g/mol. The average molecular weight is 277 g/mol. The predicted molar refractivity (Wildman–Crippen MR) is 79.8 cm³/mol. The molecule has 0 amide bonds. The van der Waals surface area contributed by atoms with Crippen LogP contribution < -0.4 is 0 Å². The third-order valence-electron chi connectivity index (χ3n) is 3.43. The van der Waals surface area contributed by atoms with Crippen molar-refractivity contribution < 1.29 is 9.94 Å². The molecule has 1 saturated carbocycles. The Hall–Kier alpha value is -1.42. The Balaban J connectivity index is 1.88. The van der Waals surface area contributed by atoms with Gasteiger partial charge < -0.3 is 9.94 Å². The summed E-state index contributed by atoms with van der Waals surface area (Å²) in [5.74, 6) is 1.35. The highest BCUT2D eigenvalue weighted by molar-refractivity contribution is 7.80. The summed E-state index contributed by atoms with van der Waals surface area (Å²) in [7, 11) is 0. The third kappa shape index (κ3) is 4.03. The molecule has 0 bridgehead atoms. The van der Waals surface area contributed by atoms with Gasteiger partial charge in [0.1, 0.15) is 11.5 Å². The smallest absolute Gasteiger partial charge is 0.130 e. The van der Waals surface area contributed by atoms with E-state index in [1.54, 1.807) is 24.4 Å². The monoisotopic (exact) mass is 277 g/mol. The molecule has 1 aliphatic carbocycles. The minimum absolute atomic E-state index is 0.160. The molecule has 102 valence electrons. The van der Waals surface area contributed by atoms with Crippen molar-refractivity contribution in [2.45, 2.75) is 37.0 Å². The van der Waals surface area contributed by atoms with Gasteiger partial charge in [0.25, 0.3) is 0 Å². The molecule has 0 unspecified atom stereocenters. The summed E-state index contributed by atoms with van der Waals surface area (Å²) >= 11 is 4.14. The molecule has 4 heteroatoms. The van der Waals surface area contributed by atoms with E-state index in [-0.39, 0.29) is 5.75 Å². The zero-order valence-corrected chi connectivity index (χ0v) is 11.8. The number of hydrogen-bond donors (Lipinski definition) is 2. The normalized spacial score (nSPS) is 16.7. The number of phenols is 1. The number of thiol groups is 1. The summed E-state index contributed by atoms with van der Waals surface area (Å²) in [5.41, 5.74) is 0.833. The van der Waals surface area contributed by atoms with Crippen molar-refractivity contribution in [1.82, 2.24) is 0 Å². The molecule has 1 aromatic carbocycles. The summed E-state index contributed by atoms with van der Waals surface area (Å²) < 4.78 is 0. The lowest BCUT2D eigenvalue weighted by Crippen LogP contribution is -2.09. The molecule has 2 rings (SSSR count). The van der Waals surface area contributed by atoms with Gasteiger partial charge in [0.2, 0.25) is 0 Å². The van der Waals surface area contributed by atoms with Crippen molar-refractivity contribution in [2.75, 3.05) is 0 Å². The topological polar surface area (TPSA) is 41.8 Å². The van der Waals surface area contributed by atoms with Gasteiger partial charge in [-0.05, 0) is 36.6 Å². The van der Waals surface area contributed by atoms with Gasteiger partial charge >= 0.3 is 0 Å². The molecule has 0 aliphatic heterocycles. The van der Waals surface area contributed by atoms with Crippen LogP contribution in [0.25, 0.3) is 0 Å². The highest BCUT2D eigenvalue weighted by atomic mass is 32.1. The van der Waals surface area contributed by atoms with Gasteiger partial charge in [-0.25, -0.2) is 0 Å². The molecule has 0 atom stereocenters. The molecule has 1 fully saturated rings. The Morgan fingerprint density at radius 2 is 2.11 bits per heavy atom. The quantitative estimate of drug-likeness (QED) is 0.376. The number of phenolic OH excluding ortho intramolecular Hbond substituents is 1. The molecule has 19 heavy (non-hydrogen) atoms. The first-order chi connectivity index (χ1) is 9.16. The van der Waals surface area contributed by atoms with Crippen molar-refractivity contribution in [3.8, 4) is 5.75 Å². The van der Waals surface area contributed by atoms with Crippen LogP contribution in [0.2, 0.25) is 0 Å². The SMILES string of the molecule is C=C(O/N=C/c1ccc(O)c(S)c1)C1CCCCC1. The van der Waals surface area contributed by atoms with Crippen LogP contribution in [0.4, 0.5) is 0 Å². The summed E-state index contributed by atoms with van der Waals surface area (Å²) in [4.78, 5) is 5.87. The lowest BCUT2D eigenvalue weighted by molar-refractivity contribution is 0.173. The summed E-state index contributed by atoms with van der Waals surface area (Å²) in [6, 6.07) is 5.07. The molecule has 0 saturated heterocycles. The van der Waals surface area contributed by atoms with Crippen molar-refractivity contribution in [3.63, 3.8) is 0 Å². The molecule has 0 spiro atoms. The molecule has 1 aromatic rings. The highest BCUT2D eigenvalue weighted by Crippen LogP contribution is 2.29. The van der Waals surface area contributed by atoms with Crippen LogP contribution in [-0.2, 0) is 4.84 Å². The van der Waals surface area contributed by atoms with Crippen LogP contribution in [0.15, 0.2) is 40.6 Å². The van der Waals surface area contributed by atoms with Gasteiger partial charge in [0, 0.05) is 10.8 Å². The van der Waals surface area contributed by atoms with Gasteiger partial charge in [-0.15, -0.1) is 12.6 Å². The Labute approximate surface area is 119 Å². The number of benzene rings is 1. The second-order valence-corrected chi connectivity index (χ2v) is 5.36. The van der Waals surface area contributed by atoms with Crippen molar-refractivity contribution in [3.05, 3.63) is 36.1 Å². The lowest BCUT2D eigenvalue weighted by atomic mass is 9.88. The second-order valence-electron chi connectivity index (χ2n) is 4.88. The Kier molecular flexibility index (Phi) is 4.91. The maximum Gasteiger partial charge on any atom is 0.130 e. The van der Waals surface area contributed by atoms with Gasteiger partial charge in [0.05, 0.1) is 6.21 Å². The molecule has 1 N–H and O–H groups in total. The summed E-state index contributed by atoms with van der Waals surface area (Å²) in [5, 5.41) is 13.3. The number of oxime groups is 1. The van der Waals surface area contributed by atoms with Crippen LogP contribution in [-0.4, -0.2) is 11.3 Å². The predicted octanol–water partition coefficient (Wildman–Crippen LogP) is 4.13. The largest absolute Gasteiger partial charge is 0.507 e. The first-order valence-electron chi connectivity index (χ1n) is 6.58. The number of allylic oxidation sites excluding steroid dienone is 1. The van der Waals surface area contributed by atoms with E-state index in [9.17, 15) is 5.11 Å². The van der Waals surface area contributed by atoms with Crippen LogP contribution in [0.3, 0.4) is 0 Å². The minimum Gasteiger partial charge on any atom is -0.507 e. The first kappa shape index (κ1) is 14.0. The molecule has 0 radical (unpaired) electrons. The number of hydrogen-bond acceptors (Lipinski definition) is 4. The van der Waals surface area contributed by atoms with Crippen LogP contribution in [0, 0.1) is 5.92 Å². The molecule has 0 aromatic heterocycles. The fraction of sp³-hybridized carbons (Fsp3) is 0.400. The van der Waals surface area contributed by atoms with Gasteiger partial charge in [0.15, 0.2) is 0 Å². The highest BCUT2D eigenvalue weighted by Gasteiger charge is 2.17. The minimum atomic E-state index is 0.160. The van der Waals surface area contributed by atoms with Crippen molar-refractivity contribution in [1.29, 1.82) is 0 Å². The van der Waals surface area contributed by atoms with Crippen LogP contribution in [0.1, 0.15) is 37.7 Å². The molecule has 1 aliphatic rings. The zero-order chi connectivity index (χ0) is 13.7. The number of nitrogens with zero attached hydrogens (tertiary/aromatic N) is 1. The Morgan fingerprint density at radius 3 is 2.79 bits per heavy atom. The maximum absolute atomic E-state index is 9.36. The summed E-state index contributed by atoms with van der Waals surface area (Å²) in [6.07, 6.45) is 7.70. The van der Waals surface area contributed by atoms with Crippen LogP contribution >= 0.6 is 12.6 Å². The number of aromatic hydroxyl groups is 1. The molecule has 3 nitrogen and oxygen atoms in total. The average Bonchev–Trinajstić information content (AvgIpc) is 2.43. The van der Waals surface area contributed by atoms with Gasteiger partial charge in [-0.2, -0.15) is 0 Å². The fourth-order valence-electron chi connectivity index (χ4n) is 2.27.